The summed E-state index contributed by atoms with van der Waals surface area (Å²) in [6.07, 6.45) is -3.98. The first-order valence-corrected chi connectivity index (χ1v) is 13.3. The summed E-state index contributed by atoms with van der Waals surface area (Å²) in [7, 11) is 0. The fourth-order valence-electron chi connectivity index (χ4n) is 4.13. The Hall–Kier alpha value is -3.62. The van der Waals surface area contributed by atoms with Gasteiger partial charge in [0.2, 0.25) is 0 Å². The van der Waals surface area contributed by atoms with Crippen LogP contribution in [-0.2, 0) is 17.9 Å². The average molecular weight is 607 g/mol. The Morgan fingerprint density at radius 2 is 1.49 bits per heavy atom. The highest BCUT2D eigenvalue weighted by Crippen LogP contribution is 2.23. The lowest BCUT2D eigenvalue weighted by atomic mass is 10.1. The number of hydrogen-bond acceptors (Lipinski definition) is 5. The number of rotatable bonds is 6. The number of carbonyl (C=O) groups excluding carboxylic acids is 1. The number of aliphatic carboxylic acids is 1. The quantitative estimate of drug-likeness (QED) is 0.334. The summed E-state index contributed by atoms with van der Waals surface area (Å²) in [5.74, 6) is -2.98. The van der Waals surface area contributed by atoms with Crippen LogP contribution in [0.1, 0.15) is 33.5 Å². The van der Waals surface area contributed by atoms with Gasteiger partial charge in [-0.15, -0.1) is 0 Å². The minimum absolute atomic E-state index is 0.219. The second-order valence-corrected chi connectivity index (χ2v) is 10.1. The van der Waals surface area contributed by atoms with Crippen LogP contribution in [0, 0.1) is 11.3 Å². The lowest BCUT2D eigenvalue weighted by molar-refractivity contribution is -0.192. The second-order valence-electron chi connectivity index (χ2n) is 9.30. The Balaban J connectivity index is 0.000000587. The molecular weight excluding hydrogens is 580 g/mol. The molecule has 1 fully saturated rings. The zero-order valence-corrected chi connectivity index (χ0v) is 23.3. The molecule has 0 unspecified atom stereocenters. The van der Waals surface area contributed by atoms with Crippen LogP contribution in [0.4, 0.5) is 18.9 Å². The Morgan fingerprint density at radius 3 is 2.05 bits per heavy atom. The van der Waals surface area contributed by atoms with Crippen molar-refractivity contribution in [3.05, 3.63) is 99.0 Å². The molecule has 12 heteroatoms. The van der Waals surface area contributed by atoms with E-state index in [1.165, 1.54) is 5.56 Å². The zero-order valence-electron chi connectivity index (χ0n) is 21.8. The molecule has 216 valence electrons. The van der Waals surface area contributed by atoms with E-state index in [1.54, 1.807) is 18.2 Å². The second kappa shape index (κ2) is 14.8. The topological polar surface area (TPSA) is 96.7 Å². The lowest BCUT2D eigenvalue weighted by Gasteiger charge is -2.22. The molecule has 0 aliphatic carbocycles. The maximum Gasteiger partial charge on any atom is 0.490 e. The third-order valence-corrected chi connectivity index (χ3v) is 6.92. The van der Waals surface area contributed by atoms with Crippen LogP contribution in [0.2, 0.25) is 10.0 Å². The molecular formula is C29H27Cl2F3N4O3. The van der Waals surface area contributed by atoms with Crippen molar-refractivity contribution >= 4 is 40.8 Å². The van der Waals surface area contributed by atoms with Gasteiger partial charge in [-0.3, -0.25) is 14.6 Å². The van der Waals surface area contributed by atoms with Crippen molar-refractivity contribution in [1.82, 2.24) is 9.80 Å². The smallest absolute Gasteiger partial charge is 0.475 e. The maximum atomic E-state index is 12.6. The summed E-state index contributed by atoms with van der Waals surface area (Å²) >= 11 is 12.0. The highest BCUT2D eigenvalue weighted by atomic mass is 35.5. The molecule has 0 atom stereocenters. The predicted molar refractivity (Wildman–Crippen MR) is 151 cm³/mol. The SMILES string of the molecule is N#Cc1ccc(CN2CCCN(Cc3cccc(NC(=O)c4ccc(Cl)c(Cl)c4)c3)CC2)cc1.O=C(O)C(F)(F)F. The first-order chi connectivity index (χ1) is 19.4. The van der Waals surface area contributed by atoms with Crippen LogP contribution in [-0.4, -0.2) is 59.1 Å². The third-order valence-electron chi connectivity index (χ3n) is 6.19. The zero-order chi connectivity index (χ0) is 30.0. The van der Waals surface area contributed by atoms with Crippen molar-refractivity contribution in [2.45, 2.75) is 25.7 Å². The first-order valence-electron chi connectivity index (χ1n) is 12.5. The number of alkyl halides is 3. The van der Waals surface area contributed by atoms with Gasteiger partial charge in [0.25, 0.3) is 5.91 Å². The van der Waals surface area contributed by atoms with Crippen LogP contribution in [0.5, 0.6) is 0 Å². The minimum Gasteiger partial charge on any atom is -0.475 e. The van der Waals surface area contributed by atoms with E-state index in [9.17, 15) is 18.0 Å². The van der Waals surface area contributed by atoms with E-state index in [-0.39, 0.29) is 5.91 Å². The van der Waals surface area contributed by atoms with Gasteiger partial charge in [0, 0.05) is 37.4 Å². The van der Waals surface area contributed by atoms with Gasteiger partial charge in [0.15, 0.2) is 0 Å². The number of nitriles is 1. The van der Waals surface area contributed by atoms with Crippen LogP contribution >= 0.6 is 23.2 Å². The van der Waals surface area contributed by atoms with Crippen molar-refractivity contribution in [2.75, 3.05) is 31.5 Å². The molecule has 2 N–H and O–H groups in total. The Labute approximate surface area is 245 Å². The number of carboxylic acid groups (broad SMARTS) is 1. The number of halogens is 5. The van der Waals surface area contributed by atoms with Gasteiger partial charge >= 0.3 is 12.1 Å². The maximum absolute atomic E-state index is 12.6. The van der Waals surface area contributed by atoms with E-state index in [0.29, 0.717) is 21.2 Å². The van der Waals surface area contributed by atoms with Crippen LogP contribution in [0.25, 0.3) is 0 Å². The molecule has 1 aliphatic rings. The molecule has 1 aliphatic heterocycles. The van der Waals surface area contributed by atoms with Crippen LogP contribution in [0.3, 0.4) is 0 Å². The van der Waals surface area contributed by atoms with Crippen LogP contribution in [0.15, 0.2) is 66.7 Å². The van der Waals surface area contributed by atoms with Gasteiger partial charge in [-0.25, -0.2) is 4.79 Å². The molecule has 1 heterocycles. The van der Waals surface area contributed by atoms with Crippen molar-refractivity contribution in [2.24, 2.45) is 0 Å². The first kappa shape index (κ1) is 31.9. The van der Waals surface area contributed by atoms with E-state index in [2.05, 4.69) is 27.3 Å². The fourth-order valence-corrected chi connectivity index (χ4v) is 4.43. The number of carbonyl (C=O) groups is 2. The van der Waals surface area contributed by atoms with Crippen molar-refractivity contribution in [3.63, 3.8) is 0 Å². The Bertz CT molecular complexity index is 1400. The highest BCUT2D eigenvalue weighted by Gasteiger charge is 2.38. The number of amides is 1. The molecule has 1 saturated heterocycles. The van der Waals surface area contributed by atoms with Crippen molar-refractivity contribution < 1.29 is 27.9 Å². The number of nitrogens with zero attached hydrogens (tertiary/aromatic N) is 3. The largest absolute Gasteiger partial charge is 0.490 e. The minimum atomic E-state index is -5.08. The van der Waals surface area contributed by atoms with Gasteiger partial charge in [0.05, 0.1) is 21.7 Å². The molecule has 3 aromatic carbocycles. The van der Waals surface area contributed by atoms with Gasteiger partial charge in [0.1, 0.15) is 0 Å². The molecule has 41 heavy (non-hydrogen) atoms. The Kier molecular flexibility index (Phi) is 11.6. The number of benzene rings is 3. The summed E-state index contributed by atoms with van der Waals surface area (Å²) in [5.41, 5.74) is 4.31. The lowest BCUT2D eigenvalue weighted by Crippen LogP contribution is -2.30. The molecule has 0 saturated carbocycles. The standard InChI is InChI=1S/C27H26Cl2N4O.C2HF3O2/c28-25-10-9-23(16-26(25)29)27(34)31-24-4-1-3-22(15-24)19-33-12-2-11-32(13-14-33)18-21-7-5-20(17-30)6-8-21;3-2(4,5)1(6)7/h1,3-10,15-16H,2,11-14,18-19H2,(H,31,34);(H,6,7). The summed E-state index contributed by atoms with van der Waals surface area (Å²) in [4.78, 5) is 26.4. The van der Waals surface area contributed by atoms with E-state index in [4.69, 9.17) is 38.4 Å². The van der Waals surface area contributed by atoms with E-state index in [0.717, 1.165) is 56.9 Å². The number of nitrogens with one attached hydrogen (secondary N) is 1. The van der Waals surface area contributed by atoms with E-state index < -0.39 is 12.1 Å². The highest BCUT2D eigenvalue weighted by molar-refractivity contribution is 6.42. The normalized spacial score (nSPS) is 14.2. The van der Waals surface area contributed by atoms with Gasteiger partial charge in [-0.2, -0.15) is 18.4 Å². The molecule has 4 rings (SSSR count). The molecule has 0 spiro atoms. The molecule has 3 aromatic rings. The van der Waals surface area contributed by atoms with Gasteiger partial charge < -0.3 is 10.4 Å². The van der Waals surface area contributed by atoms with Crippen molar-refractivity contribution in [3.8, 4) is 6.07 Å². The Morgan fingerprint density at radius 1 is 0.878 bits per heavy atom. The molecule has 7 nitrogen and oxygen atoms in total. The number of hydrogen-bond donors (Lipinski definition) is 2. The summed E-state index contributed by atoms with van der Waals surface area (Å²) < 4.78 is 31.7. The monoisotopic (exact) mass is 606 g/mol. The summed E-state index contributed by atoms with van der Waals surface area (Å²) in [5, 5.41) is 19.8. The molecule has 0 bridgehead atoms. The van der Waals surface area contributed by atoms with Crippen LogP contribution < -0.4 is 5.32 Å². The fraction of sp³-hybridized carbons (Fsp3) is 0.276. The van der Waals surface area contributed by atoms with Gasteiger partial charge in [-0.05, 0) is 73.1 Å². The predicted octanol–water partition coefficient (Wildman–Crippen LogP) is 6.46. The molecule has 0 aromatic heterocycles. The number of anilines is 1. The summed E-state index contributed by atoms with van der Waals surface area (Å²) in [6.45, 7) is 5.79. The van der Waals surface area contributed by atoms with Gasteiger partial charge in [-0.1, -0.05) is 47.5 Å². The van der Waals surface area contributed by atoms with E-state index >= 15 is 0 Å². The van der Waals surface area contributed by atoms with E-state index in [1.807, 2.05) is 42.5 Å². The number of carboxylic acids is 1. The molecule has 0 radical (unpaired) electrons. The van der Waals surface area contributed by atoms with Crippen molar-refractivity contribution in [1.29, 1.82) is 5.26 Å². The summed E-state index contributed by atoms with van der Waals surface area (Å²) in [6, 6.07) is 22.8. The third kappa shape index (κ3) is 10.4. The average Bonchev–Trinajstić information content (AvgIpc) is 3.15. The molecule has 1 amide bonds.